The summed E-state index contributed by atoms with van der Waals surface area (Å²) in [6, 6.07) is 0. The van der Waals surface area contributed by atoms with Crippen molar-refractivity contribution >= 4 is 47.8 Å². The van der Waals surface area contributed by atoms with Gasteiger partial charge in [0.2, 0.25) is 6.58 Å². The smallest absolute Gasteiger partial charge is 0.202 e. The van der Waals surface area contributed by atoms with Crippen LogP contribution in [-0.2, 0) is 0 Å². The van der Waals surface area contributed by atoms with Gasteiger partial charge >= 0.3 is 0 Å². The Morgan fingerprint density at radius 2 is 1.83 bits per heavy atom. The van der Waals surface area contributed by atoms with Gasteiger partial charge in [-0.05, 0) is 0 Å². The summed E-state index contributed by atoms with van der Waals surface area (Å²) in [5.41, 5.74) is 0. The average molecular weight is 373 g/mol. The van der Waals surface area contributed by atoms with Crippen LogP contribution >= 0.6 is 0 Å². The van der Waals surface area contributed by atoms with Gasteiger partial charge in [-0.15, -0.1) is 0 Å². The minimum atomic E-state index is 0. The summed E-state index contributed by atoms with van der Waals surface area (Å²) in [6.07, 6.45) is 9.03. The first-order valence-electron chi connectivity index (χ1n) is 2.74. The number of hydrogen-bond donors (Lipinski definition) is 0. The molecular weight excluding hydrogens is 358 g/mol. The summed E-state index contributed by atoms with van der Waals surface area (Å²) in [7, 11) is 0. The quantitative estimate of drug-likeness (QED) is 0.525. The Morgan fingerprint density at radius 1 is 1.33 bits per heavy atom. The summed E-state index contributed by atoms with van der Waals surface area (Å²) >= 11 is 0. The molecule has 0 amide bonds. The van der Waals surface area contributed by atoms with Crippen molar-refractivity contribution in [3.05, 3.63) is 63.5 Å². The fourth-order valence-corrected chi connectivity index (χ4v) is 0.143. The van der Waals surface area contributed by atoms with E-state index in [2.05, 4.69) is 6.58 Å². The zero-order chi connectivity index (χ0) is 8.24. The summed E-state index contributed by atoms with van der Waals surface area (Å²) in [5, 5.41) is 0. The van der Waals surface area contributed by atoms with Crippen molar-refractivity contribution in [1.82, 2.24) is 0 Å². The van der Waals surface area contributed by atoms with Crippen LogP contribution in [0.3, 0.4) is 0 Å². The maximum atomic E-state index is 4.89. The molecule has 0 aromatic carbocycles. The molecule has 0 aromatic rings. The van der Waals surface area contributed by atoms with Crippen LogP contribution in [0.1, 0.15) is 2.85 Å². The van der Waals surface area contributed by atoms with E-state index in [1.54, 1.807) is 18.9 Å². The molecule has 0 heterocycles. The predicted molar refractivity (Wildman–Crippen MR) is 61.1 cm³/mol. The molecule has 0 saturated carbocycles. The molecule has 63 valence electrons. The molecule has 0 spiro atoms. The second-order valence-corrected chi connectivity index (χ2v) is 1.20. The second kappa shape index (κ2) is 30.2. The zero-order valence-electron chi connectivity index (χ0n) is 6.90. The molecule has 0 unspecified atom stereocenters. The first-order chi connectivity index (χ1) is 4.83. The molecular formula is C10H15Sn2. The van der Waals surface area contributed by atoms with Crippen molar-refractivity contribution in [3.63, 3.8) is 0 Å². The van der Waals surface area contributed by atoms with Gasteiger partial charge in [-0.1, -0.05) is 31.7 Å². The normalized spacial score (nSPS) is 4.92. The van der Waals surface area contributed by atoms with Crippen molar-refractivity contribution in [1.29, 1.82) is 0 Å². The van der Waals surface area contributed by atoms with Gasteiger partial charge in [0.15, 0.2) is 6.08 Å². The van der Waals surface area contributed by atoms with Gasteiger partial charge in [0, 0.05) is 57.1 Å². The van der Waals surface area contributed by atoms with E-state index in [0.717, 1.165) is 0 Å². The summed E-state index contributed by atoms with van der Waals surface area (Å²) in [6.45, 7) is 18.0. The minimum absolute atomic E-state index is 0. The van der Waals surface area contributed by atoms with Crippen LogP contribution in [0, 0.1) is 32.6 Å². The van der Waals surface area contributed by atoms with E-state index in [0.29, 0.717) is 0 Å². The molecule has 0 saturated heterocycles. The monoisotopic (exact) mass is 375 g/mol. The molecule has 0 N–H and O–H groups in total. The van der Waals surface area contributed by atoms with E-state index in [4.69, 9.17) is 19.7 Å². The molecule has 0 aliphatic carbocycles. The fraction of sp³-hybridized carbons (Fsp3) is 0. The van der Waals surface area contributed by atoms with E-state index >= 15 is 0 Å². The average Bonchev–Trinajstić information content (AvgIpc) is 1.93. The Hall–Kier alpha value is 0.337. The van der Waals surface area contributed by atoms with Crippen molar-refractivity contribution in [2.24, 2.45) is 0 Å². The van der Waals surface area contributed by atoms with Crippen LogP contribution in [0.25, 0.3) is 0 Å². The van der Waals surface area contributed by atoms with Crippen molar-refractivity contribution in [2.75, 3.05) is 0 Å². The maximum absolute atomic E-state index is 4.89. The Balaban J connectivity index is -0.0000000178. The van der Waals surface area contributed by atoms with Crippen LogP contribution in [0.5, 0.6) is 0 Å². The fourth-order valence-electron chi connectivity index (χ4n) is 0.143. The Morgan fingerprint density at radius 3 is 1.83 bits per heavy atom. The van der Waals surface area contributed by atoms with Gasteiger partial charge in [-0.25, -0.2) is 0 Å². The third-order valence-corrected chi connectivity index (χ3v) is 0.469. The predicted octanol–water partition coefficient (Wildman–Crippen LogP) is 2.27. The topological polar surface area (TPSA) is 0 Å². The molecule has 0 fully saturated rings. The van der Waals surface area contributed by atoms with Crippen molar-refractivity contribution in [3.8, 4) is 0 Å². The van der Waals surface area contributed by atoms with E-state index in [9.17, 15) is 0 Å². The molecule has 0 aliphatic heterocycles. The van der Waals surface area contributed by atoms with Crippen LogP contribution in [0.2, 0.25) is 0 Å². The second-order valence-electron chi connectivity index (χ2n) is 1.20. The van der Waals surface area contributed by atoms with Crippen LogP contribution < -0.4 is 0 Å². The Labute approximate surface area is 113 Å². The van der Waals surface area contributed by atoms with E-state index < -0.39 is 0 Å². The van der Waals surface area contributed by atoms with E-state index in [-0.39, 0.29) is 50.7 Å². The molecule has 0 aromatic heterocycles. The zero-order valence-corrected chi connectivity index (χ0v) is 12.6. The van der Waals surface area contributed by atoms with Crippen LogP contribution in [0.15, 0.2) is 30.9 Å². The number of rotatable bonds is 4. The third-order valence-electron chi connectivity index (χ3n) is 0.469. The molecule has 0 atom stereocenters. The van der Waals surface area contributed by atoms with Gasteiger partial charge in [0.25, 0.3) is 0 Å². The number of hydrogen-bond acceptors (Lipinski definition) is 0. The molecule has 2 heteroatoms. The molecule has 0 rings (SSSR count). The van der Waals surface area contributed by atoms with Gasteiger partial charge in [-0.2, -0.15) is 0 Å². The van der Waals surface area contributed by atoms with Crippen LogP contribution in [0.4, 0.5) is 0 Å². The molecule has 9 radical (unpaired) electrons. The largest absolute Gasteiger partial charge is 0.517 e. The summed E-state index contributed by atoms with van der Waals surface area (Å²) in [4.78, 5) is 0. The Bertz CT molecular complexity index is 88.7. The van der Waals surface area contributed by atoms with Gasteiger partial charge in [0.05, 0.1) is 0 Å². The molecule has 0 bridgehead atoms. The van der Waals surface area contributed by atoms with Gasteiger partial charge in [0.1, 0.15) is 0 Å². The minimum Gasteiger partial charge on any atom is -0.517 e. The third kappa shape index (κ3) is 47.9. The molecule has 0 nitrogen and oxygen atoms in total. The van der Waals surface area contributed by atoms with Gasteiger partial charge < -0.3 is 6.58 Å². The van der Waals surface area contributed by atoms with E-state index in [1.807, 2.05) is 0 Å². The van der Waals surface area contributed by atoms with Crippen LogP contribution in [-0.4, -0.2) is 47.8 Å². The van der Waals surface area contributed by atoms with Crippen molar-refractivity contribution in [2.45, 2.75) is 0 Å². The van der Waals surface area contributed by atoms with Gasteiger partial charge in [-0.3, -0.25) is 6.08 Å². The van der Waals surface area contributed by atoms with E-state index in [1.165, 1.54) is 18.2 Å². The van der Waals surface area contributed by atoms with Crippen molar-refractivity contribution < 1.29 is 2.85 Å². The standard InChI is InChI=1S/C5H6.C5H5.2Sn.2H2/c2*1-3-5-4-2;;;;/h1,3-5H,2H2;1-5H;;;2*1H. The summed E-state index contributed by atoms with van der Waals surface area (Å²) in [5.74, 6) is 0. The summed E-state index contributed by atoms with van der Waals surface area (Å²) < 4.78 is 0. The molecule has 0 aliphatic rings. The maximum Gasteiger partial charge on any atom is 0.202 e. The molecule has 12 heavy (non-hydrogen) atoms. The number of allylic oxidation sites excluding steroid dienone is 4. The Kier molecular flexibility index (Phi) is 57.3. The first-order valence-corrected chi connectivity index (χ1v) is 2.74. The first kappa shape index (κ1) is 22.8. The SMILES string of the molecule is [CH+]=C[CH]C=[CH-].[CH-]=C[CH+]C=C.[HH].[HH].[Sn].[Sn].